The predicted octanol–water partition coefficient (Wildman–Crippen LogP) is -0.00660. The third-order valence-electron chi connectivity index (χ3n) is 1.48. The molecule has 0 aliphatic rings. The van der Waals surface area contributed by atoms with Crippen LogP contribution in [0.2, 0.25) is 0 Å². The maximum absolute atomic E-state index is 11.6. The molecule has 0 saturated carbocycles. The zero-order valence-electron chi connectivity index (χ0n) is 8.50. The monoisotopic (exact) mass is 266 g/mol. The first kappa shape index (κ1) is 12.8. The van der Waals surface area contributed by atoms with Crippen molar-refractivity contribution in [3.8, 4) is 0 Å². The number of nitrogen functional groups attached to an aromatic ring is 1. The van der Waals surface area contributed by atoms with Gasteiger partial charge in [-0.2, -0.15) is 0 Å². The first-order chi connectivity index (χ1) is 7.24. The van der Waals surface area contributed by atoms with Crippen LogP contribution in [0.25, 0.3) is 0 Å². The van der Waals surface area contributed by atoms with Gasteiger partial charge < -0.3 is 5.73 Å². The van der Waals surface area contributed by atoms with Gasteiger partial charge in [-0.1, -0.05) is 11.3 Å². The molecule has 0 atom stereocenters. The molecule has 1 rings (SSSR count). The molecule has 0 fully saturated rings. The van der Waals surface area contributed by atoms with Crippen LogP contribution in [0.5, 0.6) is 0 Å². The Balaban J connectivity index is 3.15. The summed E-state index contributed by atoms with van der Waals surface area (Å²) in [6.45, 7) is 0. The van der Waals surface area contributed by atoms with Crippen LogP contribution in [0.4, 0.5) is 10.7 Å². The number of hydrogen-bond donors (Lipinski definition) is 2. The smallest absolute Gasteiger partial charge is 0.304 e. The Bertz CT molecular complexity index is 507. The van der Waals surface area contributed by atoms with Crippen LogP contribution in [0, 0.1) is 10.1 Å². The number of nitrogens with one attached hydrogen (secondary N) is 1. The number of hydrazine groups is 1. The summed E-state index contributed by atoms with van der Waals surface area (Å²) in [4.78, 5) is 11.9. The van der Waals surface area contributed by atoms with E-state index in [1.807, 2.05) is 0 Å². The standard InChI is InChI=1S/C6H10N4O4S2/c1-9(2)8-16(13,14)5-3-4(10(11)12)6(7)15-5/h3,8H,7H2,1-2H3. The van der Waals surface area contributed by atoms with Gasteiger partial charge in [-0.15, -0.1) is 4.83 Å². The molecule has 0 aromatic carbocycles. The average Bonchev–Trinajstić information content (AvgIpc) is 2.45. The third-order valence-corrected chi connectivity index (χ3v) is 4.39. The van der Waals surface area contributed by atoms with Gasteiger partial charge in [0.05, 0.1) is 4.92 Å². The van der Waals surface area contributed by atoms with Gasteiger partial charge in [0.1, 0.15) is 4.21 Å². The molecule has 0 radical (unpaired) electrons. The highest BCUT2D eigenvalue weighted by molar-refractivity contribution is 7.91. The second-order valence-corrected chi connectivity index (χ2v) is 6.03. The van der Waals surface area contributed by atoms with Crippen LogP contribution < -0.4 is 10.6 Å². The Hall–Kier alpha value is -1.23. The van der Waals surface area contributed by atoms with E-state index >= 15 is 0 Å². The van der Waals surface area contributed by atoms with Crippen LogP contribution >= 0.6 is 11.3 Å². The fourth-order valence-corrected chi connectivity index (χ4v) is 3.22. The third kappa shape index (κ3) is 2.66. The van der Waals surface area contributed by atoms with Crippen LogP contribution in [-0.2, 0) is 10.0 Å². The molecule has 0 aliphatic heterocycles. The molecule has 1 heterocycles. The van der Waals surface area contributed by atoms with Crippen LogP contribution in [0.3, 0.4) is 0 Å². The molecule has 90 valence electrons. The second kappa shape index (κ2) is 4.33. The summed E-state index contributed by atoms with van der Waals surface area (Å²) in [6.07, 6.45) is 0. The number of thiophene rings is 1. The number of anilines is 1. The van der Waals surface area contributed by atoms with Crippen molar-refractivity contribution in [1.29, 1.82) is 0 Å². The highest BCUT2D eigenvalue weighted by atomic mass is 32.2. The minimum absolute atomic E-state index is 0.135. The largest absolute Gasteiger partial charge is 0.385 e. The van der Waals surface area contributed by atoms with Crippen LogP contribution in [0.15, 0.2) is 10.3 Å². The molecule has 0 aliphatic carbocycles. The van der Waals surface area contributed by atoms with E-state index < -0.39 is 20.6 Å². The number of sulfonamides is 1. The van der Waals surface area contributed by atoms with E-state index in [0.29, 0.717) is 11.3 Å². The van der Waals surface area contributed by atoms with E-state index in [-0.39, 0.29) is 9.21 Å². The minimum atomic E-state index is -3.78. The predicted molar refractivity (Wildman–Crippen MR) is 59.4 cm³/mol. The number of hydrogen-bond acceptors (Lipinski definition) is 7. The summed E-state index contributed by atoms with van der Waals surface area (Å²) < 4.78 is 23.0. The molecule has 0 unspecified atom stereocenters. The van der Waals surface area contributed by atoms with E-state index in [1.165, 1.54) is 19.1 Å². The average molecular weight is 266 g/mol. The van der Waals surface area contributed by atoms with E-state index in [4.69, 9.17) is 5.73 Å². The normalized spacial score (nSPS) is 11.9. The Morgan fingerprint density at radius 1 is 1.56 bits per heavy atom. The van der Waals surface area contributed by atoms with E-state index in [2.05, 4.69) is 4.83 Å². The Kier molecular flexibility index (Phi) is 3.48. The molecule has 10 heteroatoms. The van der Waals surface area contributed by atoms with Crippen molar-refractivity contribution in [2.45, 2.75) is 4.21 Å². The highest BCUT2D eigenvalue weighted by Crippen LogP contribution is 2.34. The maximum atomic E-state index is 11.6. The number of nitro groups is 1. The lowest BCUT2D eigenvalue weighted by Crippen LogP contribution is -2.35. The first-order valence-electron chi connectivity index (χ1n) is 3.97. The molecule has 0 amide bonds. The van der Waals surface area contributed by atoms with Gasteiger partial charge in [-0.05, 0) is 0 Å². The zero-order chi connectivity index (χ0) is 12.5. The Morgan fingerprint density at radius 3 is 2.50 bits per heavy atom. The molecular weight excluding hydrogens is 256 g/mol. The van der Waals surface area contributed by atoms with Crippen molar-refractivity contribution in [2.75, 3.05) is 19.8 Å². The zero-order valence-corrected chi connectivity index (χ0v) is 10.1. The van der Waals surface area contributed by atoms with Gasteiger partial charge in [0.25, 0.3) is 10.0 Å². The van der Waals surface area contributed by atoms with Crippen LogP contribution in [0.1, 0.15) is 0 Å². The summed E-state index contributed by atoms with van der Waals surface area (Å²) in [7, 11) is -0.807. The number of nitrogens with zero attached hydrogens (tertiary/aromatic N) is 2. The lowest BCUT2D eigenvalue weighted by Gasteiger charge is -2.10. The number of nitrogens with two attached hydrogens (primary N) is 1. The van der Waals surface area contributed by atoms with E-state index in [0.717, 1.165) is 6.07 Å². The van der Waals surface area contributed by atoms with Gasteiger partial charge in [0, 0.05) is 20.2 Å². The molecule has 0 bridgehead atoms. The van der Waals surface area contributed by atoms with Crippen molar-refractivity contribution in [1.82, 2.24) is 9.84 Å². The van der Waals surface area contributed by atoms with Crippen LogP contribution in [-0.4, -0.2) is 32.4 Å². The molecule has 0 saturated heterocycles. The minimum Gasteiger partial charge on any atom is -0.385 e. The summed E-state index contributed by atoms with van der Waals surface area (Å²) in [6, 6.07) is 0.936. The van der Waals surface area contributed by atoms with Gasteiger partial charge >= 0.3 is 5.69 Å². The molecular formula is C6H10N4O4S2. The fourth-order valence-electron chi connectivity index (χ4n) is 0.933. The quantitative estimate of drug-likeness (QED) is 0.584. The Morgan fingerprint density at radius 2 is 2.12 bits per heavy atom. The lowest BCUT2D eigenvalue weighted by molar-refractivity contribution is -0.383. The highest BCUT2D eigenvalue weighted by Gasteiger charge is 2.24. The second-order valence-electron chi connectivity index (χ2n) is 3.06. The van der Waals surface area contributed by atoms with Crippen molar-refractivity contribution in [2.24, 2.45) is 0 Å². The molecule has 8 nitrogen and oxygen atoms in total. The number of rotatable bonds is 4. The lowest BCUT2D eigenvalue weighted by atomic mass is 10.5. The maximum Gasteiger partial charge on any atom is 0.304 e. The van der Waals surface area contributed by atoms with Crippen molar-refractivity contribution in [3.05, 3.63) is 16.2 Å². The van der Waals surface area contributed by atoms with E-state index in [1.54, 1.807) is 0 Å². The van der Waals surface area contributed by atoms with Gasteiger partial charge in [-0.25, -0.2) is 13.4 Å². The molecule has 3 N–H and O–H groups in total. The molecule has 16 heavy (non-hydrogen) atoms. The van der Waals surface area contributed by atoms with Crippen molar-refractivity contribution < 1.29 is 13.3 Å². The topological polar surface area (TPSA) is 119 Å². The van der Waals surface area contributed by atoms with Crippen molar-refractivity contribution >= 4 is 32.0 Å². The van der Waals surface area contributed by atoms with Gasteiger partial charge in [0.15, 0.2) is 5.00 Å². The molecule has 1 aromatic heterocycles. The summed E-state index contributed by atoms with van der Waals surface area (Å²) >= 11 is 0.651. The molecule has 1 aromatic rings. The summed E-state index contributed by atoms with van der Waals surface area (Å²) in [5.41, 5.74) is 4.94. The summed E-state index contributed by atoms with van der Waals surface area (Å²) in [5.74, 6) is 0. The van der Waals surface area contributed by atoms with Gasteiger partial charge in [-0.3, -0.25) is 10.1 Å². The SMILES string of the molecule is CN(C)NS(=O)(=O)c1cc([N+](=O)[O-])c(N)s1. The first-order valence-corrected chi connectivity index (χ1v) is 6.27. The summed E-state index contributed by atoms with van der Waals surface area (Å²) in [5, 5.41) is 11.6. The van der Waals surface area contributed by atoms with E-state index in [9.17, 15) is 18.5 Å². The Labute approximate surface area is 95.8 Å². The van der Waals surface area contributed by atoms with Gasteiger partial charge in [0.2, 0.25) is 0 Å². The van der Waals surface area contributed by atoms with Crippen molar-refractivity contribution in [3.63, 3.8) is 0 Å². The molecule has 0 spiro atoms. The fraction of sp³-hybridized carbons (Fsp3) is 0.333.